The van der Waals surface area contributed by atoms with Crippen LogP contribution in [0.1, 0.15) is 38.7 Å². The Morgan fingerprint density at radius 1 is 1.35 bits per heavy atom. The van der Waals surface area contributed by atoms with Crippen molar-refractivity contribution in [2.24, 2.45) is 17.6 Å². The predicted molar refractivity (Wildman–Crippen MR) is 94.1 cm³/mol. The molecule has 0 bridgehead atoms. The Bertz CT molecular complexity index is 678. The highest BCUT2D eigenvalue weighted by Gasteiger charge is 2.29. The van der Waals surface area contributed by atoms with E-state index in [1.54, 1.807) is 0 Å². The molecule has 4 N–H and O–H groups in total. The number of para-hydroxylation sites is 1. The number of hydrogen-bond donors (Lipinski definition) is 3. The molecule has 1 saturated carbocycles. The van der Waals surface area contributed by atoms with Gasteiger partial charge in [0.05, 0.1) is 6.04 Å². The van der Waals surface area contributed by atoms with Gasteiger partial charge in [-0.2, -0.15) is 0 Å². The molecule has 1 aromatic heterocycles. The van der Waals surface area contributed by atoms with Crippen LogP contribution in [0.5, 0.6) is 0 Å². The van der Waals surface area contributed by atoms with Crippen molar-refractivity contribution in [3.63, 3.8) is 0 Å². The summed E-state index contributed by atoms with van der Waals surface area (Å²) in [7, 11) is 0. The summed E-state index contributed by atoms with van der Waals surface area (Å²) in [6, 6.07) is 7.88. The van der Waals surface area contributed by atoms with Crippen LogP contribution in [0.4, 0.5) is 0 Å². The predicted octanol–water partition coefficient (Wildman–Crippen LogP) is 2.98. The lowest BCUT2D eigenvalue weighted by atomic mass is 9.78. The van der Waals surface area contributed by atoms with Gasteiger partial charge in [-0.3, -0.25) is 4.79 Å². The van der Waals surface area contributed by atoms with Gasteiger partial charge in [-0.05, 0) is 36.3 Å². The van der Waals surface area contributed by atoms with E-state index in [1.165, 1.54) is 12.8 Å². The van der Waals surface area contributed by atoms with Gasteiger partial charge in [0.2, 0.25) is 5.91 Å². The molecule has 4 heteroatoms. The van der Waals surface area contributed by atoms with Crippen LogP contribution in [0.15, 0.2) is 30.5 Å². The number of hydrogen-bond acceptors (Lipinski definition) is 2. The Kier molecular flexibility index (Phi) is 4.71. The summed E-state index contributed by atoms with van der Waals surface area (Å²) in [6.45, 7) is 4.51. The zero-order valence-electron chi connectivity index (χ0n) is 14.0. The molecule has 1 fully saturated rings. The van der Waals surface area contributed by atoms with Crippen LogP contribution in [0, 0.1) is 11.8 Å². The zero-order valence-corrected chi connectivity index (χ0v) is 14.0. The first kappa shape index (κ1) is 16.1. The lowest BCUT2D eigenvalue weighted by Gasteiger charge is -2.35. The lowest BCUT2D eigenvalue weighted by molar-refractivity contribution is -0.123. The van der Waals surface area contributed by atoms with Crippen molar-refractivity contribution < 1.29 is 4.79 Å². The van der Waals surface area contributed by atoms with E-state index in [-0.39, 0.29) is 11.9 Å². The number of carbonyl (C=O) groups excluding carboxylic acids is 1. The van der Waals surface area contributed by atoms with Crippen LogP contribution in [0.3, 0.4) is 0 Å². The zero-order chi connectivity index (χ0) is 16.4. The smallest absolute Gasteiger partial charge is 0.237 e. The maximum atomic E-state index is 12.5. The van der Waals surface area contributed by atoms with Crippen LogP contribution >= 0.6 is 0 Å². The highest BCUT2D eigenvalue weighted by Crippen LogP contribution is 2.29. The number of carbonyl (C=O) groups is 1. The first-order valence-corrected chi connectivity index (χ1v) is 8.67. The number of aromatic nitrogens is 1. The molecule has 0 saturated heterocycles. The van der Waals surface area contributed by atoms with E-state index in [0.29, 0.717) is 18.3 Å². The molecule has 1 aliphatic rings. The maximum Gasteiger partial charge on any atom is 0.237 e. The Morgan fingerprint density at radius 2 is 2.13 bits per heavy atom. The summed E-state index contributed by atoms with van der Waals surface area (Å²) in [4.78, 5) is 15.7. The van der Waals surface area contributed by atoms with Crippen molar-refractivity contribution in [2.45, 2.75) is 51.6 Å². The number of rotatable bonds is 4. The lowest BCUT2D eigenvalue weighted by Crippen LogP contribution is -2.50. The number of nitrogens with two attached hydrogens (primary N) is 1. The molecule has 4 nitrogen and oxygen atoms in total. The molecule has 23 heavy (non-hydrogen) atoms. The van der Waals surface area contributed by atoms with Gasteiger partial charge in [0.1, 0.15) is 0 Å². The van der Waals surface area contributed by atoms with Crippen molar-refractivity contribution in [2.75, 3.05) is 0 Å². The van der Waals surface area contributed by atoms with Gasteiger partial charge in [-0.1, -0.05) is 44.9 Å². The molecule has 3 rings (SSSR count). The highest BCUT2D eigenvalue weighted by atomic mass is 16.2. The topological polar surface area (TPSA) is 70.9 Å². The molecule has 1 amide bonds. The molecule has 0 aliphatic heterocycles. The second-order valence-corrected chi connectivity index (χ2v) is 7.05. The molecule has 1 aliphatic carbocycles. The fourth-order valence-corrected chi connectivity index (χ4v) is 3.71. The van der Waals surface area contributed by atoms with Gasteiger partial charge in [-0.15, -0.1) is 0 Å². The minimum absolute atomic E-state index is 0.0266. The second-order valence-electron chi connectivity index (χ2n) is 7.05. The Balaban J connectivity index is 1.63. The van der Waals surface area contributed by atoms with Gasteiger partial charge < -0.3 is 16.0 Å². The molecular weight excluding hydrogens is 286 g/mol. The molecule has 1 aromatic carbocycles. The minimum Gasteiger partial charge on any atom is -0.361 e. The third-order valence-corrected chi connectivity index (χ3v) is 5.49. The number of H-pyrrole nitrogens is 1. The molecule has 124 valence electrons. The molecular formula is C19H27N3O. The van der Waals surface area contributed by atoms with Crippen LogP contribution in [0.2, 0.25) is 0 Å². The van der Waals surface area contributed by atoms with Gasteiger partial charge in [0, 0.05) is 23.1 Å². The van der Waals surface area contributed by atoms with E-state index < -0.39 is 6.04 Å². The standard InChI is InChI=1S/C19H27N3O/c1-12-6-5-9-17(13(12)2)22-19(23)16(20)10-14-11-21-18-8-4-3-7-15(14)18/h3-4,7-8,11-13,16-17,21H,5-6,9-10,20H2,1-2H3,(H,22,23)/t12?,13?,16-,17?/m0/s1. The molecule has 4 atom stereocenters. The molecule has 0 spiro atoms. The van der Waals surface area contributed by atoms with Crippen LogP contribution in [-0.2, 0) is 11.2 Å². The minimum atomic E-state index is -0.501. The fourth-order valence-electron chi connectivity index (χ4n) is 3.71. The Labute approximate surface area is 137 Å². The van der Waals surface area contributed by atoms with Crippen molar-refractivity contribution >= 4 is 16.8 Å². The van der Waals surface area contributed by atoms with Crippen molar-refractivity contribution in [3.8, 4) is 0 Å². The summed E-state index contributed by atoms with van der Waals surface area (Å²) in [5.41, 5.74) is 8.36. The van der Waals surface area contributed by atoms with E-state index in [2.05, 4.69) is 30.2 Å². The number of amides is 1. The molecule has 1 heterocycles. The summed E-state index contributed by atoms with van der Waals surface area (Å²) in [6.07, 6.45) is 6.04. The second kappa shape index (κ2) is 6.75. The van der Waals surface area contributed by atoms with Crippen molar-refractivity contribution in [1.82, 2.24) is 10.3 Å². The highest BCUT2D eigenvalue weighted by molar-refractivity contribution is 5.86. The van der Waals surface area contributed by atoms with E-state index >= 15 is 0 Å². The number of benzene rings is 1. The quantitative estimate of drug-likeness (QED) is 0.812. The summed E-state index contributed by atoms with van der Waals surface area (Å²) in [5, 5.41) is 4.33. The third-order valence-electron chi connectivity index (χ3n) is 5.49. The summed E-state index contributed by atoms with van der Waals surface area (Å²) < 4.78 is 0. The first-order chi connectivity index (χ1) is 11.1. The maximum absolute atomic E-state index is 12.5. The van der Waals surface area contributed by atoms with E-state index in [1.807, 2.05) is 24.4 Å². The van der Waals surface area contributed by atoms with Gasteiger partial charge in [-0.25, -0.2) is 0 Å². The van der Waals surface area contributed by atoms with E-state index in [0.717, 1.165) is 22.9 Å². The average molecular weight is 313 g/mol. The van der Waals surface area contributed by atoms with Crippen molar-refractivity contribution in [3.05, 3.63) is 36.0 Å². The summed E-state index contributed by atoms with van der Waals surface area (Å²) in [5.74, 6) is 1.16. The number of nitrogens with one attached hydrogen (secondary N) is 2. The first-order valence-electron chi connectivity index (χ1n) is 8.67. The Hall–Kier alpha value is -1.81. The van der Waals surface area contributed by atoms with Crippen molar-refractivity contribution in [1.29, 1.82) is 0 Å². The monoisotopic (exact) mass is 313 g/mol. The number of aromatic amines is 1. The van der Waals surface area contributed by atoms with E-state index in [9.17, 15) is 4.79 Å². The van der Waals surface area contributed by atoms with E-state index in [4.69, 9.17) is 5.73 Å². The third kappa shape index (κ3) is 3.42. The Morgan fingerprint density at radius 3 is 2.96 bits per heavy atom. The summed E-state index contributed by atoms with van der Waals surface area (Å²) >= 11 is 0. The fraction of sp³-hybridized carbons (Fsp3) is 0.526. The van der Waals surface area contributed by atoms with Crippen LogP contribution in [-0.4, -0.2) is 23.0 Å². The van der Waals surface area contributed by atoms with Gasteiger partial charge >= 0.3 is 0 Å². The SMILES string of the molecule is CC1CCCC(NC(=O)[C@@H](N)Cc2c[nH]c3ccccc23)C1C. The van der Waals surface area contributed by atoms with Gasteiger partial charge in [0.15, 0.2) is 0 Å². The van der Waals surface area contributed by atoms with Gasteiger partial charge in [0.25, 0.3) is 0 Å². The largest absolute Gasteiger partial charge is 0.361 e. The molecule has 2 aromatic rings. The normalized spacial score (nSPS) is 26.1. The average Bonchev–Trinajstić information content (AvgIpc) is 2.95. The number of fused-ring (bicyclic) bond motifs is 1. The molecule has 3 unspecified atom stereocenters. The van der Waals surface area contributed by atoms with Crippen LogP contribution < -0.4 is 11.1 Å². The molecule has 0 radical (unpaired) electrons. The van der Waals surface area contributed by atoms with Crippen LogP contribution in [0.25, 0.3) is 10.9 Å².